The van der Waals surface area contributed by atoms with Crippen LogP contribution in [0.25, 0.3) is 0 Å². The second-order valence-corrected chi connectivity index (χ2v) is 6.14. The quantitative estimate of drug-likeness (QED) is 0.660. The molecule has 0 aromatic heterocycles. The van der Waals surface area contributed by atoms with Crippen molar-refractivity contribution in [1.29, 1.82) is 0 Å². The second-order valence-electron chi connectivity index (χ2n) is 6.14. The summed E-state index contributed by atoms with van der Waals surface area (Å²) < 4.78 is 10.9. The smallest absolute Gasteiger partial charge is 0.343 e. The number of carbonyl (C=O) groups excluding carboxylic acids is 2. The summed E-state index contributed by atoms with van der Waals surface area (Å²) in [4.78, 5) is 25.9. The van der Waals surface area contributed by atoms with Crippen molar-refractivity contribution >= 4 is 17.6 Å². The Morgan fingerprint density at radius 1 is 1.08 bits per heavy atom. The molecule has 26 heavy (non-hydrogen) atoms. The number of rotatable bonds is 5. The minimum absolute atomic E-state index is 0.146. The molecule has 1 aliphatic rings. The average Bonchev–Trinajstić information content (AvgIpc) is 2.64. The third-order valence-electron chi connectivity index (χ3n) is 4.12. The Hall–Kier alpha value is -2.70. The van der Waals surface area contributed by atoms with E-state index in [4.69, 9.17) is 9.47 Å². The summed E-state index contributed by atoms with van der Waals surface area (Å²) >= 11 is 0. The van der Waals surface area contributed by atoms with E-state index in [9.17, 15) is 9.59 Å². The molecule has 1 saturated heterocycles. The van der Waals surface area contributed by atoms with Crippen molar-refractivity contribution in [2.75, 3.05) is 31.6 Å². The van der Waals surface area contributed by atoms with Crippen LogP contribution >= 0.6 is 0 Å². The second kappa shape index (κ2) is 8.60. The zero-order valence-electron chi connectivity index (χ0n) is 14.7. The fourth-order valence-corrected chi connectivity index (χ4v) is 2.83. The number of benzene rings is 2. The lowest BCUT2D eigenvalue weighted by Gasteiger charge is -2.27. The van der Waals surface area contributed by atoms with Crippen LogP contribution in [-0.4, -0.2) is 43.1 Å². The van der Waals surface area contributed by atoms with Crippen LogP contribution in [0.15, 0.2) is 48.5 Å². The maximum Gasteiger partial charge on any atom is 0.343 e. The standard InChI is InChI=1S/C20H22N2O4/c1-15(23)21-17-6-8-18(9-7-17)26-20(24)19-5-3-2-4-16(19)14-22-10-12-25-13-11-22/h2-9H,10-14H2,1H3,(H,21,23). The van der Waals surface area contributed by atoms with Gasteiger partial charge in [-0.25, -0.2) is 4.79 Å². The molecule has 2 aromatic rings. The van der Waals surface area contributed by atoms with Crippen LogP contribution in [0.4, 0.5) is 5.69 Å². The summed E-state index contributed by atoms with van der Waals surface area (Å²) in [7, 11) is 0. The third kappa shape index (κ3) is 4.91. The average molecular weight is 354 g/mol. The van der Waals surface area contributed by atoms with Gasteiger partial charge in [-0.2, -0.15) is 0 Å². The summed E-state index contributed by atoms with van der Waals surface area (Å²) in [6, 6.07) is 14.2. The van der Waals surface area contributed by atoms with Gasteiger partial charge in [0.2, 0.25) is 5.91 Å². The van der Waals surface area contributed by atoms with Crippen molar-refractivity contribution in [3.05, 3.63) is 59.7 Å². The van der Waals surface area contributed by atoms with Crippen molar-refractivity contribution in [3.63, 3.8) is 0 Å². The van der Waals surface area contributed by atoms with Gasteiger partial charge < -0.3 is 14.8 Å². The van der Waals surface area contributed by atoms with E-state index in [-0.39, 0.29) is 11.9 Å². The van der Waals surface area contributed by atoms with Crippen LogP contribution in [-0.2, 0) is 16.1 Å². The maximum atomic E-state index is 12.6. The predicted molar refractivity (Wildman–Crippen MR) is 98.2 cm³/mol. The molecule has 6 heteroatoms. The molecular formula is C20H22N2O4. The van der Waals surface area contributed by atoms with Gasteiger partial charge in [0, 0.05) is 32.2 Å². The van der Waals surface area contributed by atoms with Crippen molar-refractivity contribution in [3.8, 4) is 5.75 Å². The van der Waals surface area contributed by atoms with Gasteiger partial charge in [-0.3, -0.25) is 9.69 Å². The van der Waals surface area contributed by atoms with Crippen LogP contribution in [0.1, 0.15) is 22.8 Å². The lowest BCUT2D eigenvalue weighted by molar-refractivity contribution is -0.114. The van der Waals surface area contributed by atoms with E-state index in [1.165, 1.54) is 6.92 Å². The molecule has 0 spiro atoms. The summed E-state index contributed by atoms with van der Waals surface area (Å²) in [6.07, 6.45) is 0. The van der Waals surface area contributed by atoms with E-state index in [0.717, 1.165) is 18.7 Å². The number of ether oxygens (including phenoxy) is 2. The first-order chi connectivity index (χ1) is 12.6. The minimum atomic E-state index is -0.388. The molecule has 136 valence electrons. The van der Waals surface area contributed by atoms with Gasteiger partial charge >= 0.3 is 5.97 Å². The number of morpholine rings is 1. The molecule has 1 aliphatic heterocycles. The van der Waals surface area contributed by atoms with Crippen LogP contribution in [0.5, 0.6) is 5.75 Å². The molecule has 0 saturated carbocycles. The predicted octanol–water partition coefficient (Wildman–Crippen LogP) is 2.70. The van der Waals surface area contributed by atoms with Gasteiger partial charge in [0.25, 0.3) is 0 Å². The number of carbonyl (C=O) groups is 2. The lowest BCUT2D eigenvalue weighted by Crippen LogP contribution is -2.36. The van der Waals surface area contributed by atoms with E-state index in [1.54, 1.807) is 30.3 Å². The zero-order valence-corrected chi connectivity index (χ0v) is 14.7. The van der Waals surface area contributed by atoms with Crippen LogP contribution in [0, 0.1) is 0 Å². The van der Waals surface area contributed by atoms with Crippen LogP contribution < -0.4 is 10.1 Å². The number of anilines is 1. The van der Waals surface area contributed by atoms with Crippen molar-refractivity contribution < 1.29 is 19.1 Å². The summed E-state index contributed by atoms with van der Waals surface area (Å²) in [5.74, 6) is -0.0989. The Kier molecular flexibility index (Phi) is 5.99. The fraction of sp³-hybridized carbons (Fsp3) is 0.300. The lowest BCUT2D eigenvalue weighted by atomic mass is 10.1. The zero-order chi connectivity index (χ0) is 18.4. The Balaban J connectivity index is 1.68. The molecule has 0 unspecified atom stereocenters. The molecule has 1 N–H and O–H groups in total. The first-order valence-electron chi connectivity index (χ1n) is 8.59. The first-order valence-corrected chi connectivity index (χ1v) is 8.59. The number of amides is 1. The number of nitrogens with one attached hydrogen (secondary N) is 1. The van der Waals surface area contributed by atoms with Crippen molar-refractivity contribution in [1.82, 2.24) is 4.90 Å². The van der Waals surface area contributed by atoms with Gasteiger partial charge in [0.05, 0.1) is 18.8 Å². The highest BCUT2D eigenvalue weighted by Crippen LogP contribution is 2.19. The molecule has 3 rings (SSSR count). The highest BCUT2D eigenvalue weighted by Gasteiger charge is 2.17. The van der Waals surface area contributed by atoms with Gasteiger partial charge in [0.1, 0.15) is 5.75 Å². The number of esters is 1. The highest BCUT2D eigenvalue weighted by molar-refractivity contribution is 5.93. The normalized spacial score (nSPS) is 14.7. The topological polar surface area (TPSA) is 67.9 Å². The van der Waals surface area contributed by atoms with E-state index in [0.29, 0.717) is 36.8 Å². The van der Waals surface area contributed by atoms with E-state index < -0.39 is 0 Å². The molecule has 0 radical (unpaired) electrons. The molecular weight excluding hydrogens is 332 g/mol. The van der Waals surface area contributed by atoms with Crippen LogP contribution in [0.2, 0.25) is 0 Å². The first kappa shape index (κ1) is 18.1. The maximum absolute atomic E-state index is 12.6. The van der Waals surface area contributed by atoms with Gasteiger partial charge in [-0.1, -0.05) is 18.2 Å². The Labute approximate surface area is 152 Å². The molecule has 0 aliphatic carbocycles. The summed E-state index contributed by atoms with van der Waals surface area (Å²) in [5, 5.41) is 2.68. The minimum Gasteiger partial charge on any atom is -0.423 e. The van der Waals surface area contributed by atoms with Gasteiger partial charge in [-0.05, 0) is 35.9 Å². The van der Waals surface area contributed by atoms with E-state index in [2.05, 4.69) is 10.2 Å². The molecule has 0 atom stereocenters. The van der Waals surface area contributed by atoms with Crippen LogP contribution in [0.3, 0.4) is 0 Å². The summed E-state index contributed by atoms with van der Waals surface area (Å²) in [5.41, 5.74) is 2.16. The molecule has 1 fully saturated rings. The fourth-order valence-electron chi connectivity index (χ4n) is 2.83. The van der Waals surface area contributed by atoms with Crippen molar-refractivity contribution in [2.45, 2.75) is 13.5 Å². The van der Waals surface area contributed by atoms with Gasteiger partial charge in [-0.15, -0.1) is 0 Å². The SMILES string of the molecule is CC(=O)Nc1ccc(OC(=O)c2ccccc2CN2CCOCC2)cc1. The summed E-state index contributed by atoms with van der Waals surface area (Å²) in [6.45, 7) is 5.28. The van der Waals surface area contributed by atoms with Gasteiger partial charge in [0.15, 0.2) is 0 Å². The molecule has 1 amide bonds. The molecule has 0 bridgehead atoms. The van der Waals surface area contributed by atoms with Crippen molar-refractivity contribution in [2.24, 2.45) is 0 Å². The molecule has 1 heterocycles. The highest BCUT2D eigenvalue weighted by atomic mass is 16.5. The monoisotopic (exact) mass is 354 g/mol. The number of nitrogens with zero attached hydrogens (tertiary/aromatic N) is 1. The molecule has 2 aromatic carbocycles. The third-order valence-corrected chi connectivity index (χ3v) is 4.12. The number of hydrogen-bond acceptors (Lipinski definition) is 5. The molecule has 6 nitrogen and oxygen atoms in total. The number of hydrogen-bond donors (Lipinski definition) is 1. The Bertz CT molecular complexity index is 768. The largest absolute Gasteiger partial charge is 0.423 e. The van der Waals surface area contributed by atoms with E-state index in [1.807, 2.05) is 18.2 Å². The Morgan fingerprint density at radius 3 is 2.46 bits per heavy atom. The van der Waals surface area contributed by atoms with E-state index >= 15 is 0 Å². The Morgan fingerprint density at radius 2 is 1.77 bits per heavy atom.